The average molecular weight is 363 g/mol. The predicted molar refractivity (Wildman–Crippen MR) is 85.7 cm³/mol. The van der Waals surface area contributed by atoms with Gasteiger partial charge in [0, 0.05) is 18.5 Å². The van der Waals surface area contributed by atoms with Crippen molar-refractivity contribution in [2.45, 2.75) is 4.90 Å². The van der Waals surface area contributed by atoms with E-state index < -0.39 is 26.6 Å². The van der Waals surface area contributed by atoms with Crippen LogP contribution in [-0.4, -0.2) is 18.4 Å². The van der Waals surface area contributed by atoms with Crippen molar-refractivity contribution in [1.29, 1.82) is 0 Å². The average Bonchev–Trinajstić information content (AvgIpc) is 2.58. The van der Waals surface area contributed by atoms with Gasteiger partial charge in [-0.3, -0.25) is 9.71 Å². The van der Waals surface area contributed by atoms with Crippen molar-refractivity contribution >= 4 is 15.7 Å². The maximum atomic E-state index is 13.7. The van der Waals surface area contributed by atoms with Crippen LogP contribution in [-0.2, 0) is 10.0 Å². The molecule has 0 amide bonds. The minimum absolute atomic E-state index is 0.116. The van der Waals surface area contributed by atoms with E-state index in [1.165, 1.54) is 36.8 Å². The van der Waals surface area contributed by atoms with Gasteiger partial charge in [0.15, 0.2) is 0 Å². The first-order valence-corrected chi connectivity index (χ1v) is 8.44. The number of aromatic nitrogens is 2. The lowest BCUT2D eigenvalue weighted by atomic mass is 10.3. The Balaban J connectivity index is 1.85. The summed E-state index contributed by atoms with van der Waals surface area (Å²) in [4.78, 5) is 6.99. The van der Waals surface area contributed by atoms with Gasteiger partial charge in [-0.2, -0.15) is 0 Å². The molecule has 0 aliphatic carbocycles. The first-order valence-electron chi connectivity index (χ1n) is 6.96. The van der Waals surface area contributed by atoms with Gasteiger partial charge in [-0.25, -0.2) is 22.2 Å². The third-order valence-corrected chi connectivity index (χ3v) is 4.43. The standard InChI is InChI=1S/C16H11F2N3O3S/c17-11-4-5-14(18)15(8-11)25(22,23)21-12-2-1-3-13(9-12)24-16-10-19-6-7-20-16/h1-10,21H. The molecule has 0 aliphatic rings. The van der Waals surface area contributed by atoms with E-state index in [4.69, 9.17) is 4.74 Å². The Bertz CT molecular complexity index is 999. The fourth-order valence-electron chi connectivity index (χ4n) is 1.98. The van der Waals surface area contributed by atoms with Crippen LogP contribution in [0.1, 0.15) is 0 Å². The highest BCUT2D eigenvalue weighted by Crippen LogP contribution is 2.25. The van der Waals surface area contributed by atoms with Crippen LogP contribution in [0.4, 0.5) is 14.5 Å². The van der Waals surface area contributed by atoms with Gasteiger partial charge in [0.1, 0.15) is 22.3 Å². The highest BCUT2D eigenvalue weighted by Gasteiger charge is 2.20. The summed E-state index contributed by atoms with van der Waals surface area (Å²) in [6.07, 6.45) is 4.30. The second-order valence-electron chi connectivity index (χ2n) is 4.85. The maximum Gasteiger partial charge on any atom is 0.264 e. The fourth-order valence-corrected chi connectivity index (χ4v) is 3.11. The third-order valence-electron chi connectivity index (χ3n) is 3.03. The molecule has 1 heterocycles. The molecule has 0 atom stereocenters. The zero-order valence-electron chi connectivity index (χ0n) is 12.6. The molecular weight excluding hydrogens is 352 g/mol. The molecule has 128 valence electrons. The number of benzene rings is 2. The Morgan fingerprint density at radius 3 is 2.64 bits per heavy atom. The minimum Gasteiger partial charge on any atom is -0.437 e. The molecular formula is C16H11F2N3O3S. The van der Waals surface area contributed by atoms with Crippen molar-refractivity contribution in [2.24, 2.45) is 0 Å². The summed E-state index contributed by atoms with van der Waals surface area (Å²) in [5.41, 5.74) is 0.116. The normalized spacial score (nSPS) is 11.1. The van der Waals surface area contributed by atoms with Crippen LogP contribution in [0.15, 0.2) is 66.0 Å². The monoisotopic (exact) mass is 363 g/mol. The van der Waals surface area contributed by atoms with Crippen LogP contribution in [0.5, 0.6) is 11.6 Å². The zero-order valence-corrected chi connectivity index (χ0v) is 13.4. The van der Waals surface area contributed by atoms with Crippen molar-refractivity contribution in [2.75, 3.05) is 4.72 Å². The van der Waals surface area contributed by atoms with Gasteiger partial charge in [0.25, 0.3) is 10.0 Å². The Morgan fingerprint density at radius 2 is 1.88 bits per heavy atom. The second kappa shape index (κ2) is 6.81. The number of nitrogens with one attached hydrogen (secondary N) is 1. The molecule has 3 rings (SSSR count). The smallest absolute Gasteiger partial charge is 0.264 e. The van der Waals surface area contributed by atoms with E-state index >= 15 is 0 Å². The molecule has 0 bridgehead atoms. The van der Waals surface area contributed by atoms with E-state index in [-0.39, 0.29) is 11.6 Å². The van der Waals surface area contributed by atoms with Crippen LogP contribution in [0.25, 0.3) is 0 Å². The molecule has 0 unspecified atom stereocenters. The van der Waals surface area contributed by atoms with Gasteiger partial charge in [0.05, 0.1) is 11.9 Å². The van der Waals surface area contributed by atoms with Crippen LogP contribution < -0.4 is 9.46 Å². The molecule has 0 aliphatic heterocycles. The topological polar surface area (TPSA) is 81.2 Å². The predicted octanol–water partition coefficient (Wildman–Crippen LogP) is 3.35. The van der Waals surface area contributed by atoms with Crippen LogP contribution in [0.3, 0.4) is 0 Å². The molecule has 0 radical (unpaired) electrons. The van der Waals surface area contributed by atoms with Crippen molar-refractivity contribution in [1.82, 2.24) is 9.97 Å². The summed E-state index contributed by atoms with van der Waals surface area (Å²) >= 11 is 0. The van der Waals surface area contributed by atoms with Crippen LogP contribution >= 0.6 is 0 Å². The molecule has 1 N–H and O–H groups in total. The number of sulfonamides is 1. The Kier molecular flexibility index (Phi) is 4.57. The van der Waals surface area contributed by atoms with Crippen molar-refractivity contribution < 1.29 is 21.9 Å². The fraction of sp³-hybridized carbons (Fsp3) is 0. The van der Waals surface area contributed by atoms with E-state index in [0.29, 0.717) is 11.8 Å². The number of hydrogen-bond donors (Lipinski definition) is 1. The SMILES string of the molecule is O=S(=O)(Nc1cccc(Oc2cnccn2)c1)c1cc(F)ccc1F. The number of halogens is 2. The Hall–Kier alpha value is -3.07. The summed E-state index contributed by atoms with van der Waals surface area (Å²) in [5, 5.41) is 0. The third kappa shape index (κ3) is 4.07. The highest BCUT2D eigenvalue weighted by molar-refractivity contribution is 7.92. The number of rotatable bonds is 5. The Labute approximate surface area is 142 Å². The van der Waals surface area contributed by atoms with Crippen LogP contribution in [0.2, 0.25) is 0 Å². The molecule has 9 heteroatoms. The van der Waals surface area contributed by atoms with Gasteiger partial charge in [0.2, 0.25) is 5.88 Å². The highest BCUT2D eigenvalue weighted by atomic mass is 32.2. The summed E-state index contributed by atoms with van der Waals surface area (Å²) in [7, 11) is -4.30. The molecule has 25 heavy (non-hydrogen) atoms. The van der Waals surface area contributed by atoms with Crippen molar-refractivity contribution in [3.63, 3.8) is 0 Å². The summed E-state index contributed by atoms with van der Waals surface area (Å²) < 4.78 is 59.1. The summed E-state index contributed by atoms with van der Waals surface area (Å²) in [6.45, 7) is 0. The van der Waals surface area contributed by atoms with Gasteiger partial charge in [-0.05, 0) is 30.3 Å². The summed E-state index contributed by atoms with van der Waals surface area (Å²) in [6, 6.07) is 8.13. The van der Waals surface area contributed by atoms with E-state index in [1.807, 2.05) is 0 Å². The van der Waals surface area contributed by atoms with Gasteiger partial charge in [-0.1, -0.05) is 6.07 Å². The maximum absolute atomic E-state index is 13.7. The largest absolute Gasteiger partial charge is 0.437 e. The second-order valence-corrected chi connectivity index (χ2v) is 6.50. The zero-order chi connectivity index (χ0) is 17.9. The van der Waals surface area contributed by atoms with Gasteiger partial charge in [-0.15, -0.1) is 0 Å². The van der Waals surface area contributed by atoms with Crippen molar-refractivity contribution in [3.8, 4) is 11.6 Å². The molecule has 3 aromatic rings. The van der Waals surface area contributed by atoms with Gasteiger partial charge < -0.3 is 4.74 Å². The lowest BCUT2D eigenvalue weighted by Gasteiger charge is -2.10. The molecule has 0 saturated carbocycles. The van der Waals surface area contributed by atoms with Crippen LogP contribution in [0, 0.1) is 11.6 Å². The van der Waals surface area contributed by atoms with E-state index in [0.717, 1.165) is 12.1 Å². The molecule has 2 aromatic carbocycles. The molecule has 0 fully saturated rings. The lowest BCUT2D eigenvalue weighted by Crippen LogP contribution is -2.15. The molecule has 1 aromatic heterocycles. The number of anilines is 1. The van der Waals surface area contributed by atoms with E-state index in [9.17, 15) is 17.2 Å². The minimum atomic E-state index is -4.30. The molecule has 0 spiro atoms. The number of ether oxygens (including phenoxy) is 1. The van der Waals surface area contributed by atoms with Gasteiger partial charge >= 0.3 is 0 Å². The quantitative estimate of drug-likeness (QED) is 0.752. The molecule has 0 saturated heterocycles. The van der Waals surface area contributed by atoms with E-state index in [2.05, 4.69) is 14.7 Å². The Morgan fingerprint density at radius 1 is 1.04 bits per heavy atom. The first kappa shape index (κ1) is 16.8. The lowest BCUT2D eigenvalue weighted by molar-refractivity contribution is 0.460. The first-order chi connectivity index (χ1) is 11.9. The summed E-state index contributed by atoms with van der Waals surface area (Å²) in [5.74, 6) is -1.40. The van der Waals surface area contributed by atoms with Crippen molar-refractivity contribution in [3.05, 3.63) is 72.7 Å². The van der Waals surface area contributed by atoms with E-state index in [1.54, 1.807) is 6.07 Å². The molecule has 6 nitrogen and oxygen atoms in total. The number of nitrogens with zero attached hydrogens (tertiary/aromatic N) is 2. The number of hydrogen-bond acceptors (Lipinski definition) is 5.